The van der Waals surface area contributed by atoms with E-state index in [-0.39, 0.29) is 0 Å². The molecule has 22 rings (SSSR count). The molecule has 0 radical (unpaired) electrons. The molecule has 6 aromatic heterocycles. The Hall–Kier alpha value is -14.4. The largest absolute Gasteiger partial charge is 0.309 e. The zero-order valence-electron chi connectivity index (χ0n) is 60.3. The zero-order chi connectivity index (χ0) is 74.0. The van der Waals surface area contributed by atoms with Crippen LogP contribution in [0.1, 0.15) is 0 Å². The fourth-order valence-corrected chi connectivity index (χ4v) is 18.2. The predicted molar refractivity (Wildman–Crippen MR) is 468 cm³/mol. The maximum absolute atomic E-state index is 5.08. The van der Waals surface area contributed by atoms with Gasteiger partial charge in [0.15, 0.2) is 34.9 Å². The summed E-state index contributed by atoms with van der Waals surface area (Å²) in [4.78, 5) is 30.2. The second-order valence-corrected chi connectivity index (χ2v) is 30.3. The van der Waals surface area contributed by atoms with Crippen LogP contribution in [-0.2, 0) is 0 Å². The van der Waals surface area contributed by atoms with Crippen LogP contribution in [0.4, 0.5) is 0 Å². The second kappa shape index (κ2) is 28.0. The number of fused-ring (bicyclic) bond motifs is 12. The molecule has 0 saturated heterocycles. The summed E-state index contributed by atoms with van der Waals surface area (Å²) >= 11 is 3.60. The van der Waals surface area contributed by atoms with E-state index in [1.165, 1.54) is 106 Å². The lowest BCUT2D eigenvalue weighted by atomic mass is 9.99. The Morgan fingerprint density at radius 3 is 0.973 bits per heavy atom. The van der Waals surface area contributed by atoms with Gasteiger partial charge in [-0.25, -0.2) is 29.9 Å². The number of para-hydroxylation sites is 2. The maximum atomic E-state index is 5.08. The summed E-state index contributed by atoms with van der Waals surface area (Å²) in [6.07, 6.45) is 0. The minimum Gasteiger partial charge on any atom is -0.309 e. The molecular weight excluding hydrogens is 1400 g/mol. The summed E-state index contributed by atoms with van der Waals surface area (Å²) in [5, 5.41) is 10.0. The summed E-state index contributed by atoms with van der Waals surface area (Å²) in [5.41, 5.74) is 22.1. The molecule has 0 atom stereocenters. The van der Waals surface area contributed by atoms with Crippen molar-refractivity contribution in [2.24, 2.45) is 0 Å². The molecule has 0 N–H and O–H groups in total. The smallest absolute Gasteiger partial charge is 0.164 e. The number of rotatable bonds is 12. The number of benzene rings is 16. The number of thiophene rings is 2. The van der Waals surface area contributed by atoms with E-state index in [0.29, 0.717) is 34.9 Å². The summed E-state index contributed by atoms with van der Waals surface area (Å²) in [7, 11) is 0. The topological polar surface area (TPSA) is 87.2 Å². The third-order valence-electron chi connectivity index (χ3n) is 21.3. The van der Waals surface area contributed by atoms with E-state index >= 15 is 0 Å². The molecule has 0 spiro atoms. The van der Waals surface area contributed by atoms with Crippen LogP contribution in [0, 0.1) is 0 Å². The molecule has 524 valence electrons. The lowest BCUT2D eigenvalue weighted by Gasteiger charge is -2.12. The maximum Gasteiger partial charge on any atom is 0.164 e. The quantitative estimate of drug-likeness (QED) is 0.121. The first-order valence-corrected chi connectivity index (χ1v) is 39.2. The van der Waals surface area contributed by atoms with Crippen molar-refractivity contribution in [3.05, 3.63) is 388 Å². The van der Waals surface area contributed by atoms with Crippen molar-refractivity contribution in [2.45, 2.75) is 0 Å². The van der Waals surface area contributed by atoms with Crippen molar-refractivity contribution in [2.75, 3.05) is 0 Å². The molecule has 0 bridgehead atoms. The van der Waals surface area contributed by atoms with Gasteiger partial charge < -0.3 is 9.13 Å². The van der Waals surface area contributed by atoms with Gasteiger partial charge in [-0.05, 0) is 117 Å². The van der Waals surface area contributed by atoms with Gasteiger partial charge in [-0.2, -0.15) is 0 Å². The van der Waals surface area contributed by atoms with Gasteiger partial charge in [0.2, 0.25) is 0 Å². The van der Waals surface area contributed by atoms with Crippen LogP contribution in [0.25, 0.3) is 208 Å². The van der Waals surface area contributed by atoms with Gasteiger partial charge in [0, 0.05) is 107 Å². The highest BCUT2D eigenvalue weighted by atomic mass is 32.1. The number of hydrogen-bond acceptors (Lipinski definition) is 8. The fourth-order valence-electron chi connectivity index (χ4n) is 15.9. The standard InChI is InChI=1S/2C51H32N4S/c1-3-13-34(14-4-1)40-21-12-23-45-48(40)43-20-7-9-22-44(43)55(45)39-18-11-17-37(31-39)33-25-27-36(28-26-33)50-52-49(35-15-5-2-6-16-35)53-51(54-50)38-29-30-42-41-19-8-10-24-46(41)56-47(42)32-38;1-3-12-33(13-4-1)38-26-28-42-41-18-7-9-20-45(41)55(46(42)31-38)40-17-11-16-37(30-40)34-22-24-36(25-23-34)50-52-49(35-14-5-2-6-15-35)53-51(54-50)39-27-29-44-43-19-8-10-21-47(43)56-48(44)32-39/h2*1-32H. The first kappa shape index (κ1) is 65.8. The Morgan fingerprint density at radius 2 is 0.473 bits per heavy atom. The average Bonchev–Trinajstić information content (AvgIpc) is 1.58. The monoisotopic (exact) mass is 1460 g/mol. The molecule has 8 nitrogen and oxygen atoms in total. The Bertz CT molecular complexity index is 7070. The first-order valence-electron chi connectivity index (χ1n) is 37.5. The molecule has 0 saturated carbocycles. The number of aromatic nitrogens is 8. The summed E-state index contributed by atoms with van der Waals surface area (Å²) in [5.74, 6) is 3.91. The molecule has 0 aliphatic rings. The van der Waals surface area contributed by atoms with E-state index in [9.17, 15) is 0 Å². The number of hydrogen-bond donors (Lipinski definition) is 0. The van der Waals surface area contributed by atoms with Gasteiger partial charge in [-0.1, -0.05) is 315 Å². The molecular formula is C102H64N8S2. The Kier molecular flexibility index (Phi) is 16.4. The molecule has 0 fully saturated rings. The van der Waals surface area contributed by atoms with Gasteiger partial charge in [0.25, 0.3) is 0 Å². The molecule has 6 heterocycles. The summed E-state index contributed by atoms with van der Waals surface area (Å²) < 4.78 is 9.77. The first-order chi connectivity index (χ1) is 55.5. The minimum atomic E-state index is 0.644. The predicted octanol–water partition coefficient (Wildman–Crippen LogP) is 27.3. The van der Waals surface area contributed by atoms with Crippen molar-refractivity contribution >= 4 is 107 Å². The fraction of sp³-hybridized carbons (Fsp3) is 0. The third-order valence-corrected chi connectivity index (χ3v) is 23.6. The number of nitrogens with zero attached hydrogens (tertiary/aromatic N) is 8. The van der Waals surface area contributed by atoms with Crippen molar-refractivity contribution in [1.82, 2.24) is 39.0 Å². The van der Waals surface area contributed by atoms with E-state index in [1.54, 1.807) is 22.7 Å². The van der Waals surface area contributed by atoms with Crippen LogP contribution in [0.2, 0.25) is 0 Å². The van der Waals surface area contributed by atoms with Crippen LogP contribution < -0.4 is 0 Å². The van der Waals surface area contributed by atoms with Gasteiger partial charge in [-0.15, -0.1) is 22.7 Å². The Balaban J connectivity index is 0.000000141. The zero-order valence-corrected chi connectivity index (χ0v) is 62.0. The molecule has 16 aromatic carbocycles. The van der Waals surface area contributed by atoms with Crippen LogP contribution in [0.5, 0.6) is 0 Å². The molecule has 0 amide bonds. The SMILES string of the molecule is c1ccc(-c2ccc3c4ccccc4n(-c4cccc(-c5ccc(-c6nc(-c7ccccc7)nc(-c7ccc8c(c7)sc7ccccc78)n6)cc5)c4)c3c2)cc1.c1ccc(-c2nc(-c3ccc(-c4cccc(-n5c6ccccc6c6c(-c7ccccc7)cccc65)c4)cc3)nc(-c3ccc4c(c3)sc3ccccc34)n2)cc1. The van der Waals surface area contributed by atoms with E-state index < -0.39 is 0 Å². The molecule has 112 heavy (non-hydrogen) atoms. The summed E-state index contributed by atoms with van der Waals surface area (Å²) in [6, 6.07) is 137. The van der Waals surface area contributed by atoms with Gasteiger partial charge in [0.05, 0.1) is 22.1 Å². The highest BCUT2D eigenvalue weighted by molar-refractivity contribution is 7.26. The summed E-state index contributed by atoms with van der Waals surface area (Å²) in [6.45, 7) is 0. The van der Waals surface area contributed by atoms with Gasteiger partial charge in [0.1, 0.15) is 0 Å². The van der Waals surface area contributed by atoms with E-state index in [0.717, 1.165) is 67.0 Å². The molecule has 0 aliphatic carbocycles. The van der Waals surface area contributed by atoms with Crippen LogP contribution in [-0.4, -0.2) is 39.0 Å². The lowest BCUT2D eigenvalue weighted by Crippen LogP contribution is -2.00. The molecule has 10 heteroatoms. The highest BCUT2D eigenvalue weighted by Crippen LogP contribution is 2.43. The molecule has 0 unspecified atom stereocenters. The van der Waals surface area contributed by atoms with E-state index in [4.69, 9.17) is 29.9 Å². The third kappa shape index (κ3) is 12.0. The Morgan fingerprint density at radius 1 is 0.170 bits per heavy atom. The minimum absolute atomic E-state index is 0.644. The van der Waals surface area contributed by atoms with Crippen LogP contribution in [0.3, 0.4) is 0 Å². The second-order valence-electron chi connectivity index (χ2n) is 28.1. The van der Waals surface area contributed by atoms with Crippen molar-refractivity contribution in [3.63, 3.8) is 0 Å². The highest BCUT2D eigenvalue weighted by Gasteiger charge is 2.21. The lowest BCUT2D eigenvalue weighted by molar-refractivity contribution is 1.07. The normalized spacial score (nSPS) is 11.6. The van der Waals surface area contributed by atoms with Gasteiger partial charge >= 0.3 is 0 Å². The average molecular weight is 1470 g/mol. The molecule has 0 aliphatic heterocycles. The van der Waals surface area contributed by atoms with Crippen LogP contribution in [0.15, 0.2) is 388 Å². The van der Waals surface area contributed by atoms with E-state index in [2.05, 4.69) is 337 Å². The van der Waals surface area contributed by atoms with E-state index in [1.807, 2.05) is 60.7 Å². The van der Waals surface area contributed by atoms with Crippen LogP contribution >= 0.6 is 22.7 Å². The van der Waals surface area contributed by atoms with Crippen molar-refractivity contribution in [3.8, 4) is 124 Å². The van der Waals surface area contributed by atoms with Crippen molar-refractivity contribution in [1.29, 1.82) is 0 Å². The van der Waals surface area contributed by atoms with Crippen molar-refractivity contribution < 1.29 is 0 Å². The van der Waals surface area contributed by atoms with Gasteiger partial charge in [-0.3, -0.25) is 0 Å². The molecule has 22 aromatic rings. The Labute approximate surface area is 653 Å².